The van der Waals surface area contributed by atoms with Gasteiger partial charge in [0.15, 0.2) is 5.82 Å². The van der Waals surface area contributed by atoms with E-state index < -0.39 is 0 Å². The van der Waals surface area contributed by atoms with E-state index in [2.05, 4.69) is 20.3 Å². The topological polar surface area (TPSA) is 91.2 Å². The zero-order valence-electron chi connectivity index (χ0n) is 11.3. The minimum Gasteiger partial charge on any atom is -0.370 e. The van der Waals surface area contributed by atoms with E-state index in [4.69, 9.17) is 10.5 Å². The van der Waals surface area contributed by atoms with E-state index in [0.29, 0.717) is 6.54 Å². The van der Waals surface area contributed by atoms with Crippen molar-refractivity contribution in [3.8, 4) is 10.6 Å². The van der Waals surface area contributed by atoms with Crippen molar-refractivity contribution >= 4 is 16.3 Å². The number of aromatic nitrogens is 5. The molecular formula is C13H14N6OS. The molecule has 1 saturated heterocycles. The molecule has 0 radical (unpaired) electrons. The van der Waals surface area contributed by atoms with Crippen molar-refractivity contribution in [2.75, 3.05) is 6.61 Å². The Kier molecular flexibility index (Phi) is 3.13. The molecule has 4 rings (SSSR count). The third-order valence-corrected chi connectivity index (χ3v) is 4.45. The Labute approximate surface area is 124 Å². The lowest BCUT2D eigenvalue weighted by molar-refractivity contribution is 0.103. The van der Waals surface area contributed by atoms with E-state index in [1.54, 1.807) is 10.7 Å². The Hall–Kier alpha value is -1.90. The zero-order valence-corrected chi connectivity index (χ0v) is 12.1. The summed E-state index contributed by atoms with van der Waals surface area (Å²) in [6.45, 7) is 1.19. The number of hydrogen-bond acceptors (Lipinski definition) is 7. The molecule has 0 bridgehead atoms. The van der Waals surface area contributed by atoms with Crippen molar-refractivity contribution < 1.29 is 4.74 Å². The van der Waals surface area contributed by atoms with Gasteiger partial charge in [-0.1, -0.05) is 11.3 Å². The summed E-state index contributed by atoms with van der Waals surface area (Å²) in [4.78, 5) is 4.98. The molecule has 3 aromatic rings. The first-order chi connectivity index (χ1) is 10.3. The minimum absolute atomic E-state index is 0.00647. The molecule has 7 nitrogen and oxygen atoms in total. The second kappa shape index (κ2) is 5.14. The van der Waals surface area contributed by atoms with Crippen LogP contribution in [0, 0.1) is 0 Å². The molecule has 0 aliphatic carbocycles. The molecule has 8 heteroatoms. The van der Waals surface area contributed by atoms with E-state index in [0.717, 1.165) is 46.5 Å². The van der Waals surface area contributed by atoms with Gasteiger partial charge in [0.2, 0.25) is 4.96 Å². The maximum absolute atomic E-state index is 5.67. The van der Waals surface area contributed by atoms with Gasteiger partial charge in [0.1, 0.15) is 11.1 Å². The fourth-order valence-electron chi connectivity index (χ4n) is 2.45. The van der Waals surface area contributed by atoms with Crippen molar-refractivity contribution in [3.63, 3.8) is 0 Å². The van der Waals surface area contributed by atoms with Gasteiger partial charge in [-0.05, 0) is 25.0 Å². The molecule has 1 atom stereocenters. The number of hydrogen-bond donors (Lipinski definition) is 1. The molecule has 1 aliphatic heterocycles. The molecule has 2 N–H and O–H groups in total. The number of nitrogens with two attached hydrogens (primary N) is 1. The molecule has 1 aliphatic rings. The first kappa shape index (κ1) is 12.8. The molecule has 0 aromatic carbocycles. The van der Waals surface area contributed by atoms with Gasteiger partial charge in [-0.15, -0.1) is 10.2 Å². The van der Waals surface area contributed by atoms with Crippen molar-refractivity contribution in [2.45, 2.75) is 25.5 Å². The predicted molar refractivity (Wildman–Crippen MR) is 77.7 cm³/mol. The second-order valence-corrected chi connectivity index (χ2v) is 5.86. The average molecular weight is 302 g/mol. The van der Waals surface area contributed by atoms with Crippen LogP contribution in [0.1, 0.15) is 30.5 Å². The smallest absolute Gasteiger partial charge is 0.235 e. The van der Waals surface area contributed by atoms with Gasteiger partial charge in [-0.2, -0.15) is 9.61 Å². The largest absolute Gasteiger partial charge is 0.370 e. The van der Waals surface area contributed by atoms with E-state index in [9.17, 15) is 0 Å². The fourth-order valence-corrected chi connectivity index (χ4v) is 3.30. The first-order valence-corrected chi connectivity index (χ1v) is 7.66. The number of nitrogens with zero attached hydrogens (tertiary/aromatic N) is 5. The Morgan fingerprint density at radius 2 is 2.38 bits per heavy atom. The predicted octanol–water partition coefficient (Wildman–Crippen LogP) is 1.56. The lowest BCUT2D eigenvalue weighted by Crippen LogP contribution is -2.03. The van der Waals surface area contributed by atoms with Crippen LogP contribution in [0.4, 0.5) is 0 Å². The minimum atomic E-state index is 0.00647. The summed E-state index contributed by atoms with van der Waals surface area (Å²) in [6.07, 6.45) is 3.79. The van der Waals surface area contributed by atoms with Crippen LogP contribution in [0.25, 0.3) is 15.5 Å². The Morgan fingerprint density at radius 1 is 1.43 bits per heavy atom. The molecule has 0 spiro atoms. The van der Waals surface area contributed by atoms with E-state index in [1.807, 2.05) is 12.1 Å². The highest BCUT2D eigenvalue weighted by Crippen LogP contribution is 2.31. The fraction of sp³-hybridized carbons (Fsp3) is 0.385. The standard InChI is InChI=1S/C13H14N6OS/c14-7-9-6-8(3-4-15-9)12-18-19-11(10-2-1-5-20-10)16-17-13(19)21-12/h3-4,6,10H,1-2,5,7,14H2. The highest BCUT2D eigenvalue weighted by atomic mass is 32.1. The van der Waals surface area contributed by atoms with E-state index in [-0.39, 0.29) is 6.10 Å². The molecule has 3 aromatic heterocycles. The van der Waals surface area contributed by atoms with E-state index in [1.165, 1.54) is 11.3 Å². The van der Waals surface area contributed by atoms with Crippen molar-refractivity contribution in [1.82, 2.24) is 24.8 Å². The lowest BCUT2D eigenvalue weighted by Gasteiger charge is -2.04. The van der Waals surface area contributed by atoms with Crippen LogP contribution >= 0.6 is 11.3 Å². The first-order valence-electron chi connectivity index (χ1n) is 6.84. The molecule has 4 heterocycles. The third kappa shape index (κ3) is 2.21. The maximum Gasteiger partial charge on any atom is 0.235 e. The van der Waals surface area contributed by atoms with Gasteiger partial charge < -0.3 is 10.5 Å². The third-order valence-electron chi connectivity index (χ3n) is 3.51. The van der Waals surface area contributed by atoms with Gasteiger partial charge >= 0.3 is 0 Å². The number of ether oxygens (including phenoxy) is 1. The van der Waals surface area contributed by atoms with Gasteiger partial charge in [0, 0.05) is 24.9 Å². The summed E-state index contributed by atoms with van der Waals surface area (Å²) in [6, 6.07) is 3.88. The van der Waals surface area contributed by atoms with Crippen LogP contribution in [0.15, 0.2) is 18.3 Å². The molecule has 0 amide bonds. The molecule has 1 fully saturated rings. The quantitative estimate of drug-likeness (QED) is 0.789. The normalized spacial score (nSPS) is 18.6. The summed E-state index contributed by atoms with van der Waals surface area (Å²) >= 11 is 1.50. The van der Waals surface area contributed by atoms with Crippen molar-refractivity contribution in [1.29, 1.82) is 0 Å². The van der Waals surface area contributed by atoms with Crippen LogP contribution in [0.5, 0.6) is 0 Å². The molecule has 108 valence electrons. The summed E-state index contributed by atoms with van der Waals surface area (Å²) < 4.78 is 7.46. The highest BCUT2D eigenvalue weighted by Gasteiger charge is 2.25. The summed E-state index contributed by atoms with van der Waals surface area (Å²) in [7, 11) is 0. The lowest BCUT2D eigenvalue weighted by atomic mass is 10.2. The Balaban J connectivity index is 1.76. The molecule has 21 heavy (non-hydrogen) atoms. The number of rotatable bonds is 3. The van der Waals surface area contributed by atoms with Gasteiger partial charge in [-0.3, -0.25) is 4.98 Å². The Morgan fingerprint density at radius 3 is 3.19 bits per heavy atom. The second-order valence-electron chi connectivity index (χ2n) is 4.90. The van der Waals surface area contributed by atoms with Gasteiger partial charge in [0.05, 0.1) is 5.69 Å². The monoisotopic (exact) mass is 302 g/mol. The maximum atomic E-state index is 5.67. The summed E-state index contributed by atoms with van der Waals surface area (Å²) in [5, 5.41) is 13.9. The van der Waals surface area contributed by atoms with Gasteiger partial charge in [-0.25, -0.2) is 0 Å². The van der Waals surface area contributed by atoms with E-state index >= 15 is 0 Å². The molecule has 0 saturated carbocycles. The SMILES string of the molecule is NCc1cc(-c2nn3c(C4CCCO4)nnc3s2)ccn1. The van der Waals surface area contributed by atoms with Crippen LogP contribution in [0.3, 0.4) is 0 Å². The van der Waals surface area contributed by atoms with Crippen LogP contribution < -0.4 is 5.73 Å². The average Bonchev–Trinajstić information content (AvgIpc) is 3.23. The van der Waals surface area contributed by atoms with Gasteiger partial charge in [0.25, 0.3) is 0 Å². The van der Waals surface area contributed by atoms with Crippen LogP contribution in [-0.4, -0.2) is 31.4 Å². The summed E-state index contributed by atoms with van der Waals surface area (Å²) in [5.74, 6) is 0.790. The highest BCUT2D eigenvalue weighted by molar-refractivity contribution is 7.19. The number of fused-ring (bicyclic) bond motifs is 1. The Bertz CT molecular complexity index is 776. The van der Waals surface area contributed by atoms with Crippen molar-refractivity contribution in [3.05, 3.63) is 29.8 Å². The van der Waals surface area contributed by atoms with Crippen LogP contribution in [0.2, 0.25) is 0 Å². The van der Waals surface area contributed by atoms with Crippen LogP contribution in [-0.2, 0) is 11.3 Å². The zero-order chi connectivity index (χ0) is 14.2. The summed E-state index contributed by atoms with van der Waals surface area (Å²) in [5.41, 5.74) is 7.48. The van der Waals surface area contributed by atoms with Crippen molar-refractivity contribution in [2.24, 2.45) is 5.73 Å². The molecule has 1 unspecified atom stereocenters. The molecular weight excluding hydrogens is 288 g/mol. The number of pyridine rings is 1.